The van der Waals surface area contributed by atoms with Gasteiger partial charge in [-0.05, 0) is 45.0 Å². The zero-order valence-corrected chi connectivity index (χ0v) is 15.8. The minimum Gasteiger partial charge on any atom is -0.491 e. The number of rotatable bonds is 5. The van der Waals surface area contributed by atoms with Gasteiger partial charge in [0.1, 0.15) is 29.5 Å². The van der Waals surface area contributed by atoms with Crippen molar-refractivity contribution in [1.29, 1.82) is 0 Å². The Hall–Kier alpha value is -2.60. The summed E-state index contributed by atoms with van der Waals surface area (Å²) in [5, 5.41) is 3.02. The Morgan fingerprint density at radius 2 is 2.11 bits per heavy atom. The molecule has 0 bridgehead atoms. The maximum Gasteiger partial charge on any atom is 0.255 e. The van der Waals surface area contributed by atoms with Gasteiger partial charge in [0.25, 0.3) is 5.91 Å². The highest BCUT2D eigenvalue weighted by Gasteiger charge is 2.35. The second-order valence-corrected chi connectivity index (χ2v) is 7.41. The van der Waals surface area contributed by atoms with Crippen molar-refractivity contribution in [3.63, 3.8) is 0 Å². The van der Waals surface area contributed by atoms with Crippen LogP contribution in [-0.2, 0) is 0 Å². The number of aryl methyl sites for hydroxylation is 1. The van der Waals surface area contributed by atoms with Gasteiger partial charge < -0.3 is 20.5 Å². The molecule has 5 nitrogen and oxygen atoms in total. The zero-order chi connectivity index (χ0) is 19.6. The van der Waals surface area contributed by atoms with Crippen molar-refractivity contribution in [2.24, 2.45) is 5.73 Å². The Morgan fingerprint density at radius 3 is 2.85 bits per heavy atom. The fourth-order valence-corrected chi connectivity index (χ4v) is 3.31. The van der Waals surface area contributed by atoms with Crippen molar-refractivity contribution in [2.75, 3.05) is 13.2 Å². The summed E-state index contributed by atoms with van der Waals surface area (Å²) >= 11 is 0. The lowest BCUT2D eigenvalue weighted by Crippen LogP contribution is -2.41. The van der Waals surface area contributed by atoms with E-state index in [1.54, 1.807) is 0 Å². The van der Waals surface area contributed by atoms with Gasteiger partial charge in [0, 0.05) is 18.5 Å². The standard InChI is InChI=1S/C21H25FN2O3/c1-13-4-6-19-15(10-13)17(12-21(2,3)27-19)24-20(25)16-11-14(22)5-7-18(16)26-9-8-23/h4-7,10-11,17H,8-9,12,23H2,1-3H3,(H,24,25). The van der Waals surface area contributed by atoms with Crippen LogP contribution in [0.5, 0.6) is 11.5 Å². The Balaban J connectivity index is 1.90. The van der Waals surface area contributed by atoms with Crippen molar-refractivity contribution in [3.05, 3.63) is 58.9 Å². The molecule has 3 N–H and O–H groups in total. The Bertz CT molecular complexity index is 851. The van der Waals surface area contributed by atoms with Crippen LogP contribution < -0.4 is 20.5 Å². The number of carbonyl (C=O) groups excluding carboxylic acids is 1. The van der Waals surface area contributed by atoms with Crippen molar-refractivity contribution in [1.82, 2.24) is 5.32 Å². The topological polar surface area (TPSA) is 73.6 Å². The molecule has 0 aliphatic carbocycles. The largest absolute Gasteiger partial charge is 0.491 e. The van der Waals surface area contributed by atoms with Crippen LogP contribution in [0.1, 0.15) is 47.8 Å². The molecule has 0 aromatic heterocycles. The van der Waals surface area contributed by atoms with Crippen molar-refractivity contribution in [2.45, 2.75) is 38.8 Å². The first-order valence-corrected chi connectivity index (χ1v) is 9.02. The molecule has 2 aromatic carbocycles. The lowest BCUT2D eigenvalue weighted by molar-refractivity contribution is 0.0618. The Morgan fingerprint density at radius 1 is 1.33 bits per heavy atom. The molecular weight excluding hydrogens is 347 g/mol. The summed E-state index contributed by atoms with van der Waals surface area (Å²) < 4.78 is 25.3. The van der Waals surface area contributed by atoms with Crippen LogP contribution in [-0.4, -0.2) is 24.7 Å². The fourth-order valence-electron chi connectivity index (χ4n) is 3.31. The van der Waals surface area contributed by atoms with Crippen LogP contribution in [0.2, 0.25) is 0 Å². The molecule has 0 fully saturated rings. The number of nitrogens with one attached hydrogen (secondary N) is 1. The molecule has 1 aliphatic rings. The molecule has 0 radical (unpaired) electrons. The third kappa shape index (κ3) is 4.39. The molecule has 3 rings (SSSR count). The number of hydrogen-bond donors (Lipinski definition) is 2. The van der Waals surface area contributed by atoms with Crippen molar-refractivity contribution < 1.29 is 18.7 Å². The molecule has 1 aliphatic heterocycles. The maximum atomic E-state index is 13.7. The average Bonchev–Trinajstić information content (AvgIpc) is 2.60. The molecule has 6 heteroatoms. The zero-order valence-electron chi connectivity index (χ0n) is 15.8. The van der Waals surface area contributed by atoms with E-state index in [4.69, 9.17) is 15.2 Å². The number of benzene rings is 2. The van der Waals surface area contributed by atoms with Gasteiger partial charge in [-0.25, -0.2) is 4.39 Å². The van der Waals surface area contributed by atoms with Crippen molar-refractivity contribution >= 4 is 5.91 Å². The molecule has 1 atom stereocenters. The first kappa shape index (κ1) is 19.2. The first-order valence-electron chi connectivity index (χ1n) is 9.02. The summed E-state index contributed by atoms with van der Waals surface area (Å²) in [5.41, 5.74) is 7.19. The number of hydrogen-bond acceptors (Lipinski definition) is 4. The molecular formula is C21H25FN2O3. The fraction of sp³-hybridized carbons (Fsp3) is 0.381. The number of ether oxygens (including phenoxy) is 2. The molecule has 0 saturated heterocycles. The van der Waals surface area contributed by atoms with Gasteiger partial charge in [0.15, 0.2) is 0 Å². The van der Waals surface area contributed by atoms with E-state index in [0.29, 0.717) is 18.7 Å². The smallest absolute Gasteiger partial charge is 0.255 e. The minimum atomic E-state index is -0.496. The third-order valence-corrected chi connectivity index (χ3v) is 4.49. The number of nitrogens with two attached hydrogens (primary N) is 1. The van der Waals surface area contributed by atoms with E-state index >= 15 is 0 Å². The highest BCUT2D eigenvalue weighted by atomic mass is 19.1. The quantitative estimate of drug-likeness (QED) is 0.842. The highest BCUT2D eigenvalue weighted by Crippen LogP contribution is 2.40. The number of halogens is 1. The lowest BCUT2D eigenvalue weighted by atomic mass is 9.88. The van der Waals surface area contributed by atoms with E-state index < -0.39 is 17.3 Å². The van der Waals surface area contributed by atoms with E-state index in [0.717, 1.165) is 16.9 Å². The Kier molecular flexibility index (Phi) is 5.37. The van der Waals surface area contributed by atoms with Crippen LogP contribution in [0.15, 0.2) is 36.4 Å². The van der Waals surface area contributed by atoms with Gasteiger partial charge in [0.2, 0.25) is 0 Å². The summed E-state index contributed by atoms with van der Waals surface area (Å²) in [4.78, 5) is 12.9. The van der Waals surface area contributed by atoms with Crippen LogP contribution >= 0.6 is 0 Å². The van der Waals surface area contributed by atoms with Crippen LogP contribution in [0.4, 0.5) is 4.39 Å². The van der Waals surface area contributed by atoms with Gasteiger partial charge in [0.05, 0.1) is 11.6 Å². The predicted octanol–water partition coefficient (Wildman–Crippen LogP) is 3.50. The molecule has 144 valence electrons. The van der Waals surface area contributed by atoms with E-state index in [-0.39, 0.29) is 18.2 Å². The van der Waals surface area contributed by atoms with Gasteiger partial charge in [-0.3, -0.25) is 4.79 Å². The van der Waals surface area contributed by atoms with Gasteiger partial charge >= 0.3 is 0 Å². The number of carbonyl (C=O) groups is 1. The van der Waals surface area contributed by atoms with Crippen LogP contribution in [0, 0.1) is 12.7 Å². The molecule has 27 heavy (non-hydrogen) atoms. The van der Waals surface area contributed by atoms with Gasteiger partial charge in [-0.15, -0.1) is 0 Å². The molecule has 1 unspecified atom stereocenters. The summed E-state index contributed by atoms with van der Waals surface area (Å²) in [6, 6.07) is 9.55. The van der Waals surface area contributed by atoms with E-state index in [1.165, 1.54) is 18.2 Å². The normalized spacial score (nSPS) is 17.6. The summed E-state index contributed by atoms with van der Waals surface area (Å²) in [6.07, 6.45) is 0.601. The molecule has 0 spiro atoms. The van der Waals surface area contributed by atoms with Crippen molar-refractivity contribution in [3.8, 4) is 11.5 Å². The SMILES string of the molecule is Cc1ccc2c(c1)C(NC(=O)c1cc(F)ccc1OCCN)CC(C)(C)O2. The van der Waals surface area contributed by atoms with E-state index in [2.05, 4.69) is 5.32 Å². The van der Waals surface area contributed by atoms with E-state index in [9.17, 15) is 9.18 Å². The summed E-state index contributed by atoms with van der Waals surface area (Å²) in [5.74, 6) is 0.177. The summed E-state index contributed by atoms with van der Waals surface area (Å²) in [6.45, 7) is 6.50. The average molecular weight is 372 g/mol. The lowest BCUT2D eigenvalue weighted by Gasteiger charge is -2.38. The van der Waals surface area contributed by atoms with Crippen LogP contribution in [0.3, 0.4) is 0 Å². The van der Waals surface area contributed by atoms with Gasteiger partial charge in [-0.2, -0.15) is 0 Å². The minimum absolute atomic E-state index is 0.155. The maximum absolute atomic E-state index is 13.7. The number of amides is 1. The van der Waals surface area contributed by atoms with E-state index in [1.807, 2.05) is 39.0 Å². The molecule has 1 heterocycles. The second-order valence-electron chi connectivity index (χ2n) is 7.41. The molecule has 0 saturated carbocycles. The Labute approximate surface area is 158 Å². The van der Waals surface area contributed by atoms with Gasteiger partial charge in [-0.1, -0.05) is 17.7 Å². The molecule has 2 aromatic rings. The summed E-state index contributed by atoms with van der Waals surface area (Å²) in [7, 11) is 0. The molecule has 1 amide bonds. The monoisotopic (exact) mass is 372 g/mol. The number of fused-ring (bicyclic) bond motifs is 1. The highest BCUT2D eigenvalue weighted by molar-refractivity contribution is 5.97. The second kappa shape index (κ2) is 7.56. The third-order valence-electron chi connectivity index (χ3n) is 4.49. The van der Waals surface area contributed by atoms with Crippen LogP contribution in [0.25, 0.3) is 0 Å². The first-order chi connectivity index (χ1) is 12.8. The predicted molar refractivity (Wildman–Crippen MR) is 102 cm³/mol.